The molecule has 0 spiro atoms. The molecule has 0 saturated carbocycles. The van der Waals surface area contributed by atoms with Gasteiger partial charge in [0.05, 0.1) is 5.56 Å². The highest BCUT2D eigenvalue weighted by Crippen LogP contribution is 2.38. The van der Waals surface area contributed by atoms with Crippen LogP contribution in [0.25, 0.3) is 0 Å². The number of alkyl halides is 3. The first kappa shape index (κ1) is 16.4. The van der Waals surface area contributed by atoms with E-state index in [-0.39, 0.29) is 17.3 Å². The van der Waals surface area contributed by atoms with Crippen LogP contribution in [0, 0.1) is 11.7 Å². The SMILES string of the molecule is CN1C2CCCC1CC(C(=O)c1ccc(C(F)(F)F)c(F)c1)C2. The van der Waals surface area contributed by atoms with Crippen LogP contribution < -0.4 is 0 Å². The van der Waals surface area contributed by atoms with Crippen molar-refractivity contribution < 1.29 is 22.4 Å². The Morgan fingerprint density at radius 1 is 1.17 bits per heavy atom. The van der Waals surface area contributed by atoms with Gasteiger partial charge in [0.1, 0.15) is 5.82 Å². The first-order valence-corrected chi connectivity index (χ1v) is 7.90. The van der Waals surface area contributed by atoms with Crippen molar-refractivity contribution in [1.82, 2.24) is 4.90 Å². The molecule has 0 radical (unpaired) electrons. The van der Waals surface area contributed by atoms with Crippen LogP contribution in [-0.4, -0.2) is 29.8 Å². The number of rotatable bonds is 2. The van der Waals surface area contributed by atoms with Gasteiger partial charge in [-0.25, -0.2) is 4.39 Å². The Morgan fingerprint density at radius 3 is 2.30 bits per heavy atom. The van der Waals surface area contributed by atoms with Crippen LogP contribution in [0.15, 0.2) is 18.2 Å². The van der Waals surface area contributed by atoms with Crippen LogP contribution in [0.5, 0.6) is 0 Å². The first-order valence-electron chi connectivity index (χ1n) is 7.90. The number of ketones is 1. The molecular weight excluding hydrogens is 310 g/mol. The third kappa shape index (κ3) is 3.13. The Bertz CT molecular complexity index is 599. The summed E-state index contributed by atoms with van der Waals surface area (Å²) in [5, 5.41) is 0. The fourth-order valence-corrected chi connectivity index (χ4v) is 3.96. The minimum atomic E-state index is -4.74. The molecule has 3 rings (SSSR count). The van der Waals surface area contributed by atoms with E-state index in [1.54, 1.807) is 0 Å². The van der Waals surface area contributed by atoms with Gasteiger partial charge in [-0.3, -0.25) is 4.79 Å². The molecule has 0 aliphatic carbocycles. The maximum absolute atomic E-state index is 13.7. The second-order valence-corrected chi connectivity index (χ2v) is 6.63. The van der Waals surface area contributed by atoms with Crippen molar-refractivity contribution in [2.45, 2.75) is 50.4 Å². The molecule has 2 bridgehead atoms. The van der Waals surface area contributed by atoms with Gasteiger partial charge in [-0.2, -0.15) is 13.2 Å². The quantitative estimate of drug-likeness (QED) is 0.596. The van der Waals surface area contributed by atoms with E-state index < -0.39 is 17.6 Å². The molecule has 2 saturated heterocycles. The normalized spacial score (nSPS) is 28.7. The largest absolute Gasteiger partial charge is 0.419 e. The lowest BCUT2D eigenvalue weighted by Gasteiger charge is -2.46. The predicted octanol–water partition coefficient (Wildman–Crippen LogP) is 4.29. The van der Waals surface area contributed by atoms with E-state index in [2.05, 4.69) is 11.9 Å². The lowest BCUT2D eigenvalue weighted by atomic mass is 9.76. The molecule has 0 N–H and O–H groups in total. The van der Waals surface area contributed by atoms with Gasteiger partial charge in [0, 0.05) is 23.6 Å². The Hall–Kier alpha value is -1.43. The number of fused-ring (bicyclic) bond motifs is 2. The minimum Gasteiger partial charge on any atom is -0.300 e. The van der Waals surface area contributed by atoms with Crippen molar-refractivity contribution in [1.29, 1.82) is 0 Å². The van der Waals surface area contributed by atoms with Crippen LogP contribution >= 0.6 is 0 Å². The highest BCUT2D eigenvalue weighted by molar-refractivity contribution is 5.98. The number of piperidine rings is 2. The van der Waals surface area contributed by atoms with Crippen molar-refractivity contribution in [3.63, 3.8) is 0 Å². The summed E-state index contributed by atoms with van der Waals surface area (Å²) in [7, 11) is 2.06. The van der Waals surface area contributed by atoms with E-state index in [4.69, 9.17) is 0 Å². The van der Waals surface area contributed by atoms with Crippen molar-refractivity contribution in [2.24, 2.45) is 5.92 Å². The van der Waals surface area contributed by atoms with Crippen molar-refractivity contribution in [2.75, 3.05) is 7.05 Å². The molecular formula is C17H19F4NO. The smallest absolute Gasteiger partial charge is 0.300 e. The summed E-state index contributed by atoms with van der Waals surface area (Å²) in [6, 6.07) is 3.19. The average Bonchev–Trinajstić information content (AvgIpc) is 2.44. The van der Waals surface area contributed by atoms with Gasteiger partial charge in [-0.15, -0.1) is 0 Å². The third-order valence-corrected chi connectivity index (χ3v) is 5.27. The highest BCUT2D eigenvalue weighted by atomic mass is 19.4. The zero-order valence-electron chi connectivity index (χ0n) is 12.9. The van der Waals surface area contributed by atoms with Crippen LogP contribution in [0.4, 0.5) is 17.6 Å². The van der Waals surface area contributed by atoms with Gasteiger partial charge in [0.2, 0.25) is 0 Å². The summed E-state index contributed by atoms with van der Waals surface area (Å²) in [6.45, 7) is 0. The lowest BCUT2D eigenvalue weighted by Crippen LogP contribution is -2.51. The molecule has 6 heteroatoms. The average molecular weight is 329 g/mol. The zero-order chi connectivity index (χ0) is 16.8. The summed E-state index contributed by atoms with van der Waals surface area (Å²) >= 11 is 0. The van der Waals surface area contributed by atoms with Crippen molar-refractivity contribution >= 4 is 5.78 Å². The number of nitrogens with zero attached hydrogens (tertiary/aromatic N) is 1. The maximum atomic E-state index is 13.7. The van der Waals surface area contributed by atoms with E-state index >= 15 is 0 Å². The Labute approximate surface area is 132 Å². The van der Waals surface area contributed by atoms with Crippen LogP contribution in [0.3, 0.4) is 0 Å². The van der Waals surface area contributed by atoms with Gasteiger partial charge in [-0.05, 0) is 44.9 Å². The van der Waals surface area contributed by atoms with Crippen LogP contribution in [-0.2, 0) is 6.18 Å². The number of halogens is 4. The van der Waals surface area contributed by atoms with Gasteiger partial charge in [0.15, 0.2) is 5.78 Å². The monoisotopic (exact) mass is 329 g/mol. The summed E-state index contributed by atoms with van der Waals surface area (Å²) < 4.78 is 51.5. The van der Waals surface area contributed by atoms with Crippen molar-refractivity contribution in [3.8, 4) is 0 Å². The Balaban J connectivity index is 1.80. The van der Waals surface area contributed by atoms with E-state index in [0.717, 1.165) is 31.4 Å². The van der Waals surface area contributed by atoms with E-state index in [1.807, 2.05) is 0 Å². The third-order valence-electron chi connectivity index (χ3n) is 5.27. The van der Waals surface area contributed by atoms with Gasteiger partial charge < -0.3 is 4.90 Å². The summed E-state index contributed by atoms with van der Waals surface area (Å²) in [5.74, 6) is -1.84. The number of Topliss-reactive ketones (excluding diaryl/α,β-unsaturated/α-hetero) is 1. The molecule has 1 aromatic carbocycles. The fourth-order valence-electron chi connectivity index (χ4n) is 3.96. The summed E-state index contributed by atoms with van der Waals surface area (Å²) in [5.41, 5.74) is -1.28. The first-order chi connectivity index (χ1) is 10.8. The molecule has 2 unspecified atom stereocenters. The van der Waals surface area contributed by atoms with E-state index in [9.17, 15) is 22.4 Å². The van der Waals surface area contributed by atoms with Gasteiger partial charge in [0.25, 0.3) is 0 Å². The Morgan fingerprint density at radius 2 is 1.78 bits per heavy atom. The zero-order valence-corrected chi connectivity index (χ0v) is 12.9. The molecule has 1 aromatic rings. The number of hydrogen-bond acceptors (Lipinski definition) is 2. The van der Waals surface area contributed by atoms with Gasteiger partial charge >= 0.3 is 6.18 Å². The number of hydrogen-bond donors (Lipinski definition) is 0. The highest BCUT2D eigenvalue weighted by Gasteiger charge is 2.39. The predicted molar refractivity (Wildman–Crippen MR) is 77.6 cm³/mol. The summed E-state index contributed by atoms with van der Waals surface area (Å²) in [6.07, 6.45) is -0.106. The second-order valence-electron chi connectivity index (χ2n) is 6.63. The summed E-state index contributed by atoms with van der Waals surface area (Å²) in [4.78, 5) is 14.9. The molecule has 2 atom stereocenters. The minimum absolute atomic E-state index is 0.0446. The standard InChI is InChI=1S/C17H19F4NO/c1-22-12-3-2-4-13(22)8-11(7-12)16(23)10-5-6-14(15(18)9-10)17(19,20)21/h5-6,9,11-13H,2-4,7-8H2,1H3. The maximum Gasteiger partial charge on any atom is 0.419 e. The van der Waals surface area contributed by atoms with Crippen molar-refractivity contribution in [3.05, 3.63) is 35.1 Å². The number of benzene rings is 1. The number of carbonyl (C=O) groups is 1. The van der Waals surface area contributed by atoms with Crippen LogP contribution in [0.1, 0.15) is 48.0 Å². The molecule has 2 heterocycles. The molecule has 2 aliphatic rings. The van der Waals surface area contributed by atoms with E-state index in [0.29, 0.717) is 31.0 Å². The fraction of sp³-hybridized carbons (Fsp3) is 0.588. The topological polar surface area (TPSA) is 20.3 Å². The molecule has 126 valence electrons. The van der Waals surface area contributed by atoms with Gasteiger partial charge in [-0.1, -0.05) is 12.5 Å². The molecule has 2 fully saturated rings. The molecule has 2 aliphatic heterocycles. The molecule has 23 heavy (non-hydrogen) atoms. The lowest BCUT2D eigenvalue weighted by molar-refractivity contribution is -0.140. The molecule has 0 amide bonds. The molecule has 0 aromatic heterocycles. The second kappa shape index (κ2) is 5.89. The number of carbonyl (C=O) groups excluding carboxylic acids is 1. The van der Waals surface area contributed by atoms with Crippen LogP contribution in [0.2, 0.25) is 0 Å². The molecule has 2 nitrogen and oxygen atoms in total. The van der Waals surface area contributed by atoms with E-state index in [1.165, 1.54) is 0 Å². The Kier molecular flexibility index (Phi) is 4.21.